The van der Waals surface area contributed by atoms with Crippen molar-refractivity contribution in [2.45, 2.75) is 38.7 Å². The molecule has 2 unspecified atom stereocenters. The van der Waals surface area contributed by atoms with Gasteiger partial charge in [0.25, 0.3) is 0 Å². The molecule has 6 nitrogen and oxygen atoms in total. The normalized spacial score (nSPS) is 28.9. The van der Waals surface area contributed by atoms with Crippen LogP contribution in [-0.2, 0) is 14.3 Å². The van der Waals surface area contributed by atoms with Crippen LogP contribution in [0, 0.1) is 5.41 Å². The first-order valence-electron chi connectivity index (χ1n) is 5.83. The number of hydrazine groups is 1. The van der Waals surface area contributed by atoms with Gasteiger partial charge in [-0.1, -0.05) is 12.2 Å². The van der Waals surface area contributed by atoms with Gasteiger partial charge >= 0.3 is 5.97 Å². The summed E-state index contributed by atoms with van der Waals surface area (Å²) in [6.45, 7) is 1.82. The third kappa shape index (κ3) is 5.79. The van der Waals surface area contributed by atoms with Crippen LogP contribution in [0.15, 0.2) is 12.2 Å². The van der Waals surface area contributed by atoms with Crippen LogP contribution in [0.4, 0.5) is 0 Å². The maximum Gasteiger partial charge on any atom is 0.309 e. The maximum atomic E-state index is 11.1. The molecule has 2 atom stereocenters. The number of carbonyl (C=O) groups excluding carboxylic acids is 1. The zero-order valence-electron chi connectivity index (χ0n) is 10.9. The number of carboxylic acids is 1. The molecule has 18 heavy (non-hydrogen) atoms. The topological polar surface area (TPSA) is 102 Å². The Kier molecular flexibility index (Phi) is 7.98. The molecule has 0 spiro atoms. The zero-order chi connectivity index (χ0) is 14.0. The minimum Gasteiger partial charge on any atom is -0.481 e. The fourth-order valence-corrected chi connectivity index (χ4v) is 1.74. The van der Waals surface area contributed by atoms with Crippen molar-refractivity contribution in [1.82, 2.24) is 5.43 Å². The summed E-state index contributed by atoms with van der Waals surface area (Å²) in [7, 11) is 1.66. The van der Waals surface area contributed by atoms with E-state index < -0.39 is 11.4 Å². The number of methoxy groups -OCH3 is 1. The molecular formula is C12H22N2O4. The number of hydrogen-bond acceptors (Lipinski definition) is 4. The van der Waals surface area contributed by atoms with Crippen LogP contribution in [-0.4, -0.2) is 30.7 Å². The van der Waals surface area contributed by atoms with E-state index in [9.17, 15) is 4.79 Å². The highest BCUT2D eigenvalue weighted by Crippen LogP contribution is 2.32. The van der Waals surface area contributed by atoms with Crippen molar-refractivity contribution in [2.24, 2.45) is 11.3 Å². The molecule has 0 saturated carbocycles. The second-order valence-corrected chi connectivity index (χ2v) is 4.43. The number of aliphatic carboxylic acids is 1. The van der Waals surface area contributed by atoms with Gasteiger partial charge in [0, 0.05) is 7.11 Å². The Morgan fingerprint density at radius 3 is 2.67 bits per heavy atom. The first-order chi connectivity index (χ1) is 8.50. The highest BCUT2D eigenvalue weighted by molar-refractivity contribution is 5.74. The Labute approximate surface area is 107 Å². The zero-order valence-corrected chi connectivity index (χ0v) is 10.9. The molecule has 0 saturated heterocycles. The molecular weight excluding hydrogens is 236 g/mol. The second kappa shape index (κ2) is 8.66. The Hall–Kier alpha value is -1.40. The molecule has 1 amide bonds. The van der Waals surface area contributed by atoms with Crippen LogP contribution in [0.3, 0.4) is 0 Å². The number of amides is 1. The highest BCUT2D eigenvalue weighted by atomic mass is 16.5. The van der Waals surface area contributed by atoms with Gasteiger partial charge in [-0.05, 0) is 32.6 Å². The largest absolute Gasteiger partial charge is 0.481 e. The van der Waals surface area contributed by atoms with Gasteiger partial charge in [0.15, 0.2) is 0 Å². The lowest BCUT2D eigenvalue weighted by Gasteiger charge is -2.27. The summed E-state index contributed by atoms with van der Waals surface area (Å²) in [5, 5.41) is 9.11. The van der Waals surface area contributed by atoms with E-state index in [4.69, 9.17) is 14.6 Å². The summed E-state index contributed by atoms with van der Waals surface area (Å²) in [6.07, 6.45) is 7.54. The van der Waals surface area contributed by atoms with E-state index in [0.29, 0.717) is 12.8 Å². The Morgan fingerprint density at radius 1 is 1.61 bits per heavy atom. The van der Waals surface area contributed by atoms with Crippen molar-refractivity contribution in [2.75, 3.05) is 7.11 Å². The van der Waals surface area contributed by atoms with Gasteiger partial charge in [-0.3, -0.25) is 15.0 Å². The molecule has 1 aliphatic carbocycles. The molecule has 0 radical (unpaired) electrons. The minimum atomic E-state index is -0.692. The van der Waals surface area contributed by atoms with E-state index in [1.54, 1.807) is 12.5 Å². The number of allylic oxidation sites excluding steroid dienone is 1. The van der Waals surface area contributed by atoms with Gasteiger partial charge in [0.05, 0.1) is 11.5 Å². The van der Waals surface area contributed by atoms with Gasteiger partial charge in [-0.25, -0.2) is 5.84 Å². The fourth-order valence-electron chi connectivity index (χ4n) is 1.74. The van der Waals surface area contributed by atoms with Crippen LogP contribution in [0.2, 0.25) is 0 Å². The summed E-state index contributed by atoms with van der Waals surface area (Å²) >= 11 is 0. The van der Waals surface area contributed by atoms with Crippen molar-refractivity contribution in [3.8, 4) is 0 Å². The van der Waals surface area contributed by atoms with Gasteiger partial charge in [0.1, 0.15) is 0 Å². The van der Waals surface area contributed by atoms with E-state index in [1.807, 2.05) is 19.1 Å². The maximum absolute atomic E-state index is 11.1. The summed E-state index contributed by atoms with van der Waals surface area (Å²) in [4.78, 5) is 20.0. The van der Waals surface area contributed by atoms with Gasteiger partial charge in [-0.2, -0.15) is 0 Å². The lowest BCUT2D eigenvalue weighted by atomic mass is 9.79. The number of nitrogens with one attached hydrogen (secondary N) is 1. The molecule has 0 aromatic rings. The summed E-state index contributed by atoms with van der Waals surface area (Å²) in [5.41, 5.74) is 1.17. The molecule has 0 aromatic heterocycles. The first kappa shape index (κ1) is 16.6. The average molecular weight is 258 g/mol. The Balaban J connectivity index is 0.000000631. The molecule has 4 N–H and O–H groups in total. The van der Waals surface area contributed by atoms with E-state index in [-0.39, 0.29) is 6.10 Å². The third-order valence-corrected chi connectivity index (χ3v) is 3.08. The van der Waals surface area contributed by atoms with Crippen molar-refractivity contribution in [3.05, 3.63) is 12.2 Å². The summed E-state index contributed by atoms with van der Waals surface area (Å²) in [6, 6.07) is 0. The number of rotatable bonds is 3. The van der Waals surface area contributed by atoms with Crippen molar-refractivity contribution < 1.29 is 19.4 Å². The van der Waals surface area contributed by atoms with Crippen LogP contribution >= 0.6 is 0 Å². The molecule has 1 aliphatic rings. The van der Waals surface area contributed by atoms with E-state index in [1.165, 1.54) is 0 Å². The third-order valence-electron chi connectivity index (χ3n) is 3.08. The first-order valence-corrected chi connectivity index (χ1v) is 5.83. The fraction of sp³-hybridized carbons (Fsp3) is 0.667. The van der Waals surface area contributed by atoms with Crippen LogP contribution < -0.4 is 11.3 Å². The number of carboxylic acid groups (broad SMARTS) is 1. The van der Waals surface area contributed by atoms with Crippen molar-refractivity contribution >= 4 is 12.4 Å². The lowest BCUT2D eigenvalue weighted by Crippen LogP contribution is -2.29. The van der Waals surface area contributed by atoms with E-state index >= 15 is 0 Å². The molecule has 6 heteroatoms. The highest BCUT2D eigenvalue weighted by Gasteiger charge is 2.33. The van der Waals surface area contributed by atoms with Crippen LogP contribution in [0.25, 0.3) is 0 Å². The number of hydrogen-bond donors (Lipinski definition) is 3. The van der Waals surface area contributed by atoms with Crippen LogP contribution in [0.5, 0.6) is 0 Å². The lowest BCUT2D eigenvalue weighted by molar-refractivity contribution is -0.149. The quantitative estimate of drug-likeness (QED) is 0.229. The van der Waals surface area contributed by atoms with Crippen molar-refractivity contribution in [1.29, 1.82) is 0 Å². The van der Waals surface area contributed by atoms with Crippen LogP contribution in [0.1, 0.15) is 32.6 Å². The molecule has 0 aromatic carbocycles. The molecule has 0 heterocycles. The summed E-state index contributed by atoms with van der Waals surface area (Å²) in [5.74, 6) is 3.72. The minimum absolute atomic E-state index is 0.0778. The monoisotopic (exact) mass is 258 g/mol. The predicted octanol–water partition coefficient (Wildman–Crippen LogP) is 0.829. The molecule has 1 rings (SSSR count). The Morgan fingerprint density at radius 2 is 2.22 bits per heavy atom. The van der Waals surface area contributed by atoms with Crippen molar-refractivity contribution in [3.63, 3.8) is 0 Å². The predicted molar refractivity (Wildman–Crippen MR) is 67.5 cm³/mol. The standard InChI is InChI=1S/C11H18O3.CH4N2O/c1-11(10(12)13)7-4-3-5-9(14-2)6-8-11;2-3-1-4/h3,5,9H,4,6-8H2,1-2H3,(H,12,13);1H,2H2,(H,3,4)/b5-3+;. The van der Waals surface area contributed by atoms with E-state index in [0.717, 1.165) is 19.3 Å². The average Bonchev–Trinajstić information content (AvgIpc) is 2.35. The van der Waals surface area contributed by atoms with E-state index in [2.05, 4.69) is 5.84 Å². The second-order valence-electron chi connectivity index (χ2n) is 4.43. The molecule has 0 fully saturated rings. The number of nitrogens with two attached hydrogens (primary N) is 1. The molecule has 0 aliphatic heterocycles. The van der Waals surface area contributed by atoms with Gasteiger partial charge < -0.3 is 9.84 Å². The Bertz CT molecular complexity index is 294. The molecule has 104 valence electrons. The smallest absolute Gasteiger partial charge is 0.309 e. The van der Waals surface area contributed by atoms with Gasteiger partial charge in [0.2, 0.25) is 6.41 Å². The number of ether oxygens (including phenoxy) is 1. The molecule has 0 bridgehead atoms. The van der Waals surface area contributed by atoms with Gasteiger partial charge in [-0.15, -0.1) is 0 Å². The SMILES string of the molecule is COC1/C=C/CCC(C)(C(=O)O)CC1.NNC=O. The number of carbonyl (C=O) groups is 2. The summed E-state index contributed by atoms with van der Waals surface area (Å²) < 4.78 is 5.22.